The molecule has 0 spiro atoms. The molecule has 88 valence electrons. The first kappa shape index (κ1) is 12.9. The van der Waals surface area contributed by atoms with Crippen LogP contribution in [0.4, 0.5) is 0 Å². The second-order valence-electron chi connectivity index (χ2n) is 4.62. The fraction of sp³-hybridized carbons (Fsp3) is 0.833. The minimum atomic E-state index is -0.693. The average Bonchev–Trinajstić information content (AvgIpc) is 2.93. The van der Waals surface area contributed by atoms with Crippen LogP contribution < -0.4 is 5.32 Å². The van der Waals surface area contributed by atoms with E-state index in [4.69, 9.17) is 0 Å². The van der Waals surface area contributed by atoms with Crippen LogP contribution in [0.3, 0.4) is 0 Å². The molecule has 3 unspecified atom stereocenters. The Morgan fingerprint density at radius 3 is 2.73 bits per heavy atom. The number of hydrogen-bond donors (Lipinski definition) is 1. The van der Waals surface area contributed by atoms with Crippen molar-refractivity contribution in [2.75, 3.05) is 12.0 Å². The summed E-state index contributed by atoms with van der Waals surface area (Å²) in [6.45, 7) is 5.89. The zero-order chi connectivity index (χ0) is 11.3. The van der Waals surface area contributed by atoms with Gasteiger partial charge in [0.2, 0.25) is 0 Å². The van der Waals surface area contributed by atoms with Gasteiger partial charge in [0.05, 0.1) is 0 Å². The summed E-state index contributed by atoms with van der Waals surface area (Å²) >= 11 is 0. The van der Waals surface area contributed by atoms with Crippen molar-refractivity contribution in [3.05, 3.63) is 12.7 Å². The highest BCUT2D eigenvalue weighted by Gasteiger charge is 2.31. The summed E-state index contributed by atoms with van der Waals surface area (Å²) < 4.78 is 11.1. The quantitative estimate of drug-likeness (QED) is 0.646. The Morgan fingerprint density at radius 1 is 1.60 bits per heavy atom. The first-order valence-electron chi connectivity index (χ1n) is 5.80. The Labute approximate surface area is 96.0 Å². The zero-order valence-corrected chi connectivity index (χ0v) is 10.7. The molecule has 0 bridgehead atoms. The molecule has 1 rings (SSSR count). The van der Waals surface area contributed by atoms with Crippen LogP contribution in [0, 0.1) is 5.92 Å². The van der Waals surface area contributed by atoms with Crippen LogP contribution in [0.25, 0.3) is 0 Å². The van der Waals surface area contributed by atoms with Crippen LogP contribution in [0.15, 0.2) is 12.7 Å². The van der Waals surface area contributed by atoms with Crippen molar-refractivity contribution < 1.29 is 4.21 Å². The van der Waals surface area contributed by atoms with E-state index < -0.39 is 10.8 Å². The van der Waals surface area contributed by atoms with Gasteiger partial charge in [-0.3, -0.25) is 4.21 Å². The molecule has 2 nitrogen and oxygen atoms in total. The second-order valence-corrected chi connectivity index (χ2v) is 6.10. The molecular weight excluding hydrogens is 206 g/mol. The lowest BCUT2D eigenvalue weighted by atomic mass is 10.1. The van der Waals surface area contributed by atoms with Gasteiger partial charge in [-0.25, -0.2) is 0 Å². The summed E-state index contributed by atoms with van der Waals surface area (Å²) in [7, 11) is -0.693. The first-order valence-corrected chi connectivity index (χ1v) is 7.53. The molecule has 0 aromatic heterocycles. The molecule has 3 atom stereocenters. The maximum atomic E-state index is 11.1. The van der Waals surface area contributed by atoms with E-state index in [0.29, 0.717) is 12.1 Å². The highest BCUT2D eigenvalue weighted by molar-refractivity contribution is 7.84. The van der Waals surface area contributed by atoms with E-state index in [1.54, 1.807) is 6.26 Å². The van der Waals surface area contributed by atoms with Crippen LogP contribution >= 0.6 is 0 Å². The Hall–Kier alpha value is -0.150. The van der Waals surface area contributed by atoms with Gasteiger partial charge < -0.3 is 5.32 Å². The molecular formula is C12H23NOS. The molecule has 1 saturated carbocycles. The number of nitrogens with one attached hydrogen (secondary N) is 1. The van der Waals surface area contributed by atoms with E-state index in [1.165, 1.54) is 19.3 Å². The molecule has 0 aromatic carbocycles. The van der Waals surface area contributed by atoms with Crippen molar-refractivity contribution in [2.24, 2.45) is 5.92 Å². The topological polar surface area (TPSA) is 29.1 Å². The van der Waals surface area contributed by atoms with Crippen molar-refractivity contribution in [3.8, 4) is 0 Å². The fourth-order valence-corrected chi connectivity index (χ4v) is 2.82. The van der Waals surface area contributed by atoms with Gasteiger partial charge in [-0.05, 0) is 38.5 Å². The Balaban J connectivity index is 2.29. The monoisotopic (exact) mass is 229 g/mol. The van der Waals surface area contributed by atoms with E-state index >= 15 is 0 Å². The van der Waals surface area contributed by atoms with E-state index in [1.807, 2.05) is 6.08 Å². The maximum absolute atomic E-state index is 11.1. The molecule has 15 heavy (non-hydrogen) atoms. The van der Waals surface area contributed by atoms with Crippen molar-refractivity contribution in [2.45, 2.75) is 44.7 Å². The highest BCUT2D eigenvalue weighted by atomic mass is 32.2. The summed E-state index contributed by atoms with van der Waals surface area (Å²) in [6.07, 6.45) is 8.73. The lowest BCUT2D eigenvalue weighted by Crippen LogP contribution is -2.40. The average molecular weight is 229 g/mol. The third kappa shape index (κ3) is 5.47. The molecule has 0 aliphatic heterocycles. The zero-order valence-electron chi connectivity index (χ0n) is 9.87. The van der Waals surface area contributed by atoms with Crippen LogP contribution in [0.1, 0.15) is 32.6 Å². The van der Waals surface area contributed by atoms with E-state index in [0.717, 1.165) is 18.1 Å². The largest absolute Gasteiger partial charge is 0.310 e. The molecule has 0 saturated heterocycles. The predicted molar refractivity (Wildman–Crippen MR) is 67.5 cm³/mol. The lowest BCUT2D eigenvalue weighted by Gasteiger charge is -2.22. The van der Waals surface area contributed by atoms with Crippen molar-refractivity contribution in [1.82, 2.24) is 5.32 Å². The van der Waals surface area contributed by atoms with Crippen LogP contribution in [-0.2, 0) is 10.8 Å². The number of hydrogen-bond acceptors (Lipinski definition) is 2. The molecule has 0 aromatic rings. The Kier molecular flexibility index (Phi) is 5.54. The first-order chi connectivity index (χ1) is 7.13. The fourth-order valence-electron chi connectivity index (χ4n) is 2.02. The van der Waals surface area contributed by atoms with Crippen LogP contribution in [0.2, 0.25) is 0 Å². The maximum Gasteiger partial charge on any atom is 0.0383 e. The third-order valence-corrected chi connectivity index (χ3v) is 3.83. The van der Waals surface area contributed by atoms with Crippen molar-refractivity contribution >= 4 is 10.8 Å². The van der Waals surface area contributed by atoms with Gasteiger partial charge in [-0.2, -0.15) is 0 Å². The van der Waals surface area contributed by atoms with Gasteiger partial charge in [-0.15, -0.1) is 6.58 Å². The minimum Gasteiger partial charge on any atom is -0.310 e. The molecule has 0 heterocycles. The number of rotatable bonds is 8. The van der Waals surface area contributed by atoms with E-state index in [2.05, 4.69) is 18.8 Å². The SMILES string of the molecule is C=CCCC(NC(C)CS(C)=O)C1CC1. The van der Waals surface area contributed by atoms with Gasteiger partial charge in [-0.1, -0.05) is 6.08 Å². The normalized spacial score (nSPS) is 22.0. The molecule has 1 N–H and O–H groups in total. The van der Waals surface area contributed by atoms with E-state index in [-0.39, 0.29) is 0 Å². The summed E-state index contributed by atoms with van der Waals surface area (Å²) in [5.74, 6) is 1.62. The van der Waals surface area contributed by atoms with Gasteiger partial charge in [0.25, 0.3) is 0 Å². The predicted octanol–water partition coefficient (Wildman–Crippen LogP) is 2.09. The third-order valence-electron chi connectivity index (χ3n) is 2.86. The van der Waals surface area contributed by atoms with Crippen LogP contribution in [-0.4, -0.2) is 28.3 Å². The molecule has 1 aliphatic carbocycles. The van der Waals surface area contributed by atoms with Crippen LogP contribution in [0.5, 0.6) is 0 Å². The number of allylic oxidation sites excluding steroid dienone is 1. The van der Waals surface area contributed by atoms with E-state index in [9.17, 15) is 4.21 Å². The lowest BCUT2D eigenvalue weighted by molar-refractivity contribution is 0.404. The molecule has 0 radical (unpaired) electrons. The standard InChI is InChI=1S/C12H23NOS/c1-4-5-6-12(11-7-8-11)13-10(2)9-15(3)14/h4,10-13H,1,5-9H2,2-3H3. The van der Waals surface area contributed by atoms with Gasteiger partial charge in [0.15, 0.2) is 0 Å². The molecule has 1 fully saturated rings. The second kappa shape index (κ2) is 6.44. The van der Waals surface area contributed by atoms with Crippen molar-refractivity contribution in [1.29, 1.82) is 0 Å². The van der Waals surface area contributed by atoms with Gasteiger partial charge in [0.1, 0.15) is 0 Å². The minimum absolute atomic E-state index is 0.367. The highest BCUT2D eigenvalue weighted by Crippen LogP contribution is 2.34. The Bertz CT molecular complexity index is 226. The van der Waals surface area contributed by atoms with Crippen molar-refractivity contribution in [3.63, 3.8) is 0 Å². The Morgan fingerprint density at radius 2 is 2.27 bits per heavy atom. The molecule has 0 amide bonds. The van der Waals surface area contributed by atoms with Gasteiger partial charge >= 0.3 is 0 Å². The summed E-state index contributed by atoms with van der Waals surface area (Å²) in [5, 5.41) is 3.60. The van der Waals surface area contributed by atoms with Gasteiger partial charge in [0, 0.05) is 34.9 Å². The molecule has 1 aliphatic rings. The summed E-state index contributed by atoms with van der Waals surface area (Å²) in [6, 6.07) is 0.979. The molecule has 3 heteroatoms. The smallest absolute Gasteiger partial charge is 0.0383 e. The summed E-state index contributed by atoms with van der Waals surface area (Å²) in [4.78, 5) is 0. The summed E-state index contributed by atoms with van der Waals surface area (Å²) in [5.41, 5.74) is 0.